The van der Waals surface area contributed by atoms with Crippen LogP contribution in [-0.4, -0.2) is 88.7 Å². The van der Waals surface area contributed by atoms with Crippen LogP contribution in [0.25, 0.3) is 0 Å². The maximum Gasteiger partial charge on any atom is 0.318 e. The van der Waals surface area contributed by atoms with Crippen LogP contribution >= 0.6 is 0 Å². The summed E-state index contributed by atoms with van der Waals surface area (Å²) in [6, 6.07) is 1.65. The van der Waals surface area contributed by atoms with E-state index in [2.05, 4.69) is 25.5 Å². The summed E-state index contributed by atoms with van der Waals surface area (Å²) in [4.78, 5) is 37.7. The number of nitro benzene ring substituents is 2. The van der Waals surface area contributed by atoms with E-state index < -0.39 is 27.0 Å². The lowest BCUT2D eigenvalue weighted by molar-refractivity contribution is -0.394. The third-order valence-corrected chi connectivity index (χ3v) is 5.08. The van der Waals surface area contributed by atoms with Crippen LogP contribution in [0, 0.1) is 20.2 Å². The highest BCUT2D eigenvalue weighted by Crippen LogP contribution is 2.33. The lowest BCUT2D eigenvalue weighted by Crippen LogP contribution is -2.40. The molecule has 1 aromatic heterocycles. The summed E-state index contributed by atoms with van der Waals surface area (Å²) in [6.45, 7) is 4.52. The number of non-ortho nitro benzene ring substituents is 1. The van der Waals surface area contributed by atoms with Gasteiger partial charge in [-0.1, -0.05) is 0 Å². The topological polar surface area (TPSA) is 195 Å². The molecule has 0 atom stereocenters. The Hall–Kier alpha value is -4.18. The number of hydrogen-bond donors (Lipinski definition) is 2. The number of nitrogens with one attached hydrogen (secondary N) is 1. The zero-order valence-electron chi connectivity index (χ0n) is 17.9. The van der Waals surface area contributed by atoms with Gasteiger partial charge >= 0.3 is 5.69 Å². The van der Waals surface area contributed by atoms with Crippen LogP contribution in [0.4, 0.5) is 29.2 Å². The molecule has 2 fully saturated rings. The van der Waals surface area contributed by atoms with E-state index in [9.17, 15) is 25.3 Å². The van der Waals surface area contributed by atoms with Gasteiger partial charge in [-0.05, 0) is 0 Å². The zero-order chi connectivity index (χ0) is 24.1. The fraction of sp³-hybridized carbons (Fsp3) is 0.444. The molecule has 2 N–H and O–H groups in total. The Bertz CT molecular complexity index is 1070. The second-order valence-electron chi connectivity index (χ2n) is 7.24. The summed E-state index contributed by atoms with van der Waals surface area (Å²) in [5, 5.41) is 36.3. The first-order valence-corrected chi connectivity index (χ1v) is 10.3. The number of hydrogen-bond acceptors (Lipinski definition) is 14. The quantitative estimate of drug-likeness (QED) is 0.320. The molecule has 0 radical (unpaired) electrons. The van der Waals surface area contributed by atoms with E-state index in [-0.39, 0.29) is 11.5 Å². The molecule has 2 saturated heterocycles. The molecule has 3 heterocycles. The molecule has 0 spiro atoms. The Balaban J connectivity index is 1.61. The van der Waals surface area contributed by atoms with Gasteiger partial charge in [0.05, 0.1) is 54.1 Å². The normalized spacial score (nSPS) is 16.6. The van der Waals surface area contributed by atoms with Crippen molar-refractivity contribution in [1.29, 1.82) is 0 Å². The Morgan fingerprint density at radius 3 is 2.00 bits per heavy atom. The van der Waals surface area contributed by atoms with Gasteiger partial charge in [-0.2, -0.15) is 20.1 Å². The van der Waals surface area contributed by atoms with Crippen LogP contribution in [0.15, 0.2) is 17.2 Å². The average Bonchev–Trinajstić information content (AvgIpc) is 2.85. The second-order valence-corrected chi connectivity index (χ2v) is 7.24. The van der Waals surface area contributed by atoms with Crippen molar-refractivity contribution in [3.63, 3.8) is 0 Å². The number of rotatable bonds is 7. The number of aromatic nitrogens is 3. The van der Waals surface area contributed by atoms with Crippen molar-refractivity contribution < 1.29 is 24.4 Å². The van der Waals surface area contributed by atoms with Crippen molar-refractivity contribution in [2.45, 2.75) is 0 Å². The number of phenolic OH excluding ortho intramolecular Hbond substituents is 1. The molecule has 180 valence electrons. The second kappa shape index (κ2) is 10.2. The summed E-state index contributed by atoms with van der Waals surface area (Å²) in [7, 11) is 0. The fourth-order valence-electron chi connectivity index (χ4n) is 3.34. The predicted molar refractivity (Wildman–Crippen MR) is 119 cm³/mol. The first-order valence-electron chi connectivity index (χ1n) is 10.3. The van der Waals surface area contributed by atoms with E-state index in [1.165, 1.54) is 0 Å². The minimum Gasteiger partial charge on any atom is -0.502 e. The molecule has 0 amide bonds. The lowest BCUT2D eigenvalue weighted by atomic mass is 10.1. The van der Waals surface area contributed by atoms with Crippen molar-refractivity contribution in [3.8, 4) is 5.75 Å². The van der Waals surface area contributed by atoms with Crippen molar-refractivity contribution >= 4 is 35.4 Å². The first-order chi connectivity index (χ1) is 16.4. The first kappa shape index (κ1) is 23.0. The third-order valence-electron chi connectivity index (χ3n) is 5.08. The number of nitrogens with zero attached hydrogens (tertiary/aromatic N) is 8. The van der Waals surface area contributed by atoms with Crippen LogP contribution in [0.2, 0.25) is 0 Å². The van der Waals surface area contributed by atoms with Crippen LogP contribution in [0.3, 0.4) is 0 Å². The van der Waals surface area contributed by atoms with E-state index in [1.807, 2.05) is 9.80 Å². The highest BCUT2D eigenvalue weighted by molar-refractivity contribution is 5.87. The van der Waals surface area contributed by atoms with E-state index in [4.69, 9.17) is 9.47 Å². The van der Waals surface area contributed by atoms with Crippen molar-refractivity contribution in [3.05, 3.63) is 37.9 Å². The van der Waals surface area contributed by atoms with Crippen molar-refractivity contribution in [2.75, 3.05) is 67.8 Å². The van der Waals surface area contributed by atoms with Crippen LogP contribution in [0.1, 0.15) is 5.56 Å². The molecule has 34 heavy (non-hydrogen) atoms. The van der Waals surface area contributed by atoms with Gasteiger partial charge in [0, 0.05) is 32.2 Å². The van der Waals surface area contributed by atoms with E-state index >= 15 is 0 Å². The molecular formula is C18H21N9O7. The van der Waals surface area contributed by atoms with E-state index in [1.54, 1.807) is 0 Å². The van der Waals surface area contributed by atoms with Gasteiger partial charge < -0.3 is 24.4 Å². The molecule has 0 saturated carbocycles. The molecule has 4 rings (SSSR count). The summed E-state index contributed by atoms with van der Waals surface area (Å²) in [5.74, 6) is 0.186. The van der Waals surface area contributed by atoms with Gasteiger partial charge in [0.15, 0.2) is 0 Å². The molecule has 0 aliphatic carbocycles. The number of nitro groups is 2. The van der Waals surface area contributed by atoms with Crippen LogP contribution < -0.4 is 15.2 Å². The fourth-order valence-corrected chi connectivity index (χ4v) is 3.34. The summed E-state index contributed by atoms with van der Waals surface area (Å²) in [5.41, 5.74) is 1.03. The van der Waals surface area contributed by atoms with E-state index in [0.717, 1.165) is 12.3 Å². The number of aromatic hydroxyl groups is 1. The maximum atomic E-state index is 11.1. The van der Waals surface area contributed by atoms with Crippen molar-refractivity contribution in [2.24, 2.45) is 5.10 Å². The van der Waals surface area contributed by atoms with Gasteiger partial charge in [0.1, 0.15) is 0 Å². The Labute approximate surface area is 192 Å². The largest absolute Gasteiger partial charge is 0.502 e. The highest BCUT2D eigenvalue weighted by atomic mass is 16.6. The van der Waals surface area contributed by atoms with Gasteiger partial charge in [0.25, 0.3) is 5.69 Å². The van der Waals surface area contributed by atoms with E-state index in [0.29, 0.717) is 70.6 Å². The summed E-state index contributed by atoms with van der Waals surface area (Å²) >= 11 is 0. The molecule has 2 aliphatic rings. The molecule has 1 aromatic carbocycles. The molecule has 16 heteroatoms. The van der Waals surface area contributed by atoms with Gasteiger partial charge in [-0.15, -0.1) is 0 Å². The van der Waals surface area contributed by atoms with Crippen molar-refractivity contribution in [1.82, 2.24) is 15.0 Å². The van der Waals surface area contributed by atoms with Crippen LogP contribution in [-0.2, 0) is 9.47 Å². The van der Waals surface area contributed by atoms with Gasteiger partial charge in [-0.25, -0.2) is 5.43 Å². The Morgan fingerprint density at radius 2 is 1.50 bits per heavy atom. The number of hydrazone groups is 1. The van der Waals surface area contributed by atoms with Crippen LogP contribution in [0.5, 0.6) is 5.75 Å². The molecule has 16 nitrogen and oxygen atoms in total. The van der Waals surface area contributed by atoms with Gasteiger partial charge in [-0.3, -0.25) is 20.2 Å². The molecule has 2 aromatic rings. The third kappa shape index (κ3) is 5.24. The Kier molecular flexibility index (Phi) is 6.88. The predicted octanol–water partition coefficient (Wildman–Crippen LogP) is 0.513. The number of phenols is 1. The number of morpholine rings is 2. The molecular weight excluding hydrogens is 454 g/mol. The standard InChI is InChI=1S/C18H21N9O7/c28-15-12(9-13(26(29)30)10-14(15)27(31)32)11-19-23-16-20-17(24-1-5-33-6-2-24)22-18(21-16)25-3-7-34-8-4-25/h9-11,28H,1-8H2,(H,20,21,22,23)/b19-11-. The number of anilines is 3. The minimum atomic E-state index is -0.914. The average molecular weight is 475 g/mol. The SMILES string of the molecule is O=[N+]([O-])c1cc(/C=N\Nc2nc(N3CCOCC3)nc(N3CCOCC3)n2)c(O)c([N+](=O)[O-])c1. The number of benzene rings is 1. The Morgan fingerprint density at radius 1 is 0.941 bits per heavy atom. The smallest absolute Gasteiger partial charge is 0.318 e. The molecule has 0 bridgehead atoms. The lowest BCUT2D eigenvalue weighted by Gasteiger charge is -2.30. The summed E-state index contributed by atoms with van der Waals surface area (Å²) in [6.07, 6.45) is 1.02. The molecule has 0 unspecified atom stereocenters. The minimum absolute atomic E-state index is 0.0913. The molecule has 2 aliphatic heterocycles. The summed E-state index contributed by atoms with van der Waals surface area (Å²) < 4.78 is 10.8. The monoisotopic (exact) mass is 475 g/mol. The zero-order valence-corrected chi connectivity index (χ0v) is 17.9. The maximum absolute atomic E-state index is 11.1. The highest BCUT2D eigenvalue weighted by Gasteiger charge is 2.24. The number of ether oxygens (including phenoxy) is 2. The van der Waals surface area contributed by atoms with Gasteiger partial charge in [0.2, 0.25) is 23.6 Å².